The van der Waals surface area contributed by atoms with Crippen LogP contribution >= 0.6 is 0 Å². The molecule has 14 heavy (non-hydrogen) atoms. The molecular weight excluding hydrogens is 178 g/mol. The summed E-state index contributed by atoms with van der Waals surface area (Å²) in [7, 11) is 0. The predicted molar refractivity (Wildman–Crippen MR) is 50.9 cm³/mol. The molecule has 2 heterocycles. The Morgan fingerprint density at radius 3 is 2.93 bits per heavy atom. The maximum absolute atomic E-state index is 8.68. The van der Waals surface area contributed by atoms with Gasteiger partial charge < -0.3 is 10.7 Å². The molecule has 0 atom stereocenters. The van der Waals surface area contributed by atoms with E-state index >= 15 is 0 Å². The summed E-state index contributed by atoms with van der Waals surface area (Å²) in [6, 6.07) is 7.00. The van der Waals surface area contributed by atoms with Gasteiger partial charge in [-0.3, -0.25) is 0 Å². The number of nitrogens with zero attached hydrogens (tertiary/aromatic N) is 3. The summed E-state index contributed by atoms with van der Waals surface area (Å²) in [6.07, 6.45) is 1.76. The number of H-pyrrole nitrogens is 1. The topological polar surface area (TPSA) is 91.4 Å². The van der Waals surface area contributed by atoms with Gasteiger partial charge in [-0.05, 0) is 12.1 Å². The average molecular weight is 185 g/mol. The monoisotopic (exact) mass is 185 g/mol. The number of hydrogen-bond donors (Lipinski definition) is 2. The van der Waals surface area contributed by atoms with Crippen molar-refractivity contribution in [3.05, 3.63) is 30.1 Å². The van der Waals surface area contributed by atoms with Crippen LogP contribution in [0.15, 0.2) is 24.4 Å². The van der Waals surface area contributed by atoms with Crippen molar-refractivity contribution in [2.45, 2.75) is 0 Å². The lowest BCUT2D eigenvalue weighted by molar-refractivity contribution is 1.14. The minimum absolute atomic E-state index is 0.266. The van der Waals surface area contributed by atoms with Crippen LogP contribution in [0.5, 0.6) is 0 Å². The van der Waals surface area contributed by atoms with E-state index in [1.807, 2.05) is 18.2 Å². The van der Waals surface area contributed by atoms with Gasteiger partial charge in [0.15, 0.2) is 5.82 Å². The van der Waals surface area contributed by atoms with Crippen molar-refractivity contribution in [2.75, 3.05) is 5.73 Å². The number of nitriles is 1. The first-order chi connectivity index (χ1) is 6.79. The molecule has 0 aliphatic rings. The highest BCUT2D eigenvalue weighted by Gasteiger charge is 2.04. The summed E-state index contributed by atoms with van der Waals surface area (Å²) in [5.74, 6) is 0.729. The van der Waals surface area contributed by atoms with E-state index in [4.69, 9.17) is 11.0 Å². The third kappa shape index (κ3) is 1.41. The third-order valence-corrected chi connectivity index (χ3v) is 1.70. The van der Waals surface area contributed by atoms with E-state index in [-0.39, 0.29) is 5.69 Å². The molecule has 0 bridgehead atoms. The minimum atomic E-state index is 0.266. The minimum Gasteiger partial charge on any atom is -0.384 e. The van der Waals surface area contributed by atoms with Crippen LogP contribution in [-0.2, 0) is 0 Å². The Morgan fingerprint density at radius 1 is 1.43 bits per heavy atom. The normalized spacial score (nSPS) is 9.64. The Hall–Kier alpha value is -2.35. The molecule has 2 aromatic heterocycles. The molecule has 3 N–H and O–H groups in total. The maximum atomic E-state index is 8.68. The fraction of sp³-hybridized carbons (Fsp3) is 0. The molecule has 5 heteroatoms. The molecule has 0 aromatic carbocycles. The lowest BCUT2D eigenvalue weighted by Crippen LogP contribution is -1.98. The molecule has 0 aliphatic carbocycles. The SMILES string of the molecule is N#Cc1cc(N)nc(-c2ccc[nH]2)n1. The van der Waals surface area contributed by atoms with Gasteiger partial charge in [0.2, 0.25) is 0 Å². The second kappa shape index (κ2) is 3.18. The molecule has 0 saturated carbocycles. The number of aromatic nitrogens is 3. The van der Waals surface area contributed by atoms with E-state index in [2.05, 4.69) is 15.0 Å². The first kappa shape index (κ1) is 8.26. The average Bonchev–Trinajstić information content (AvgIpc) is 2.69. The number of anilines is 1. The van der Waals surface area contributed by atoms with E-state index < -0.39 is 0 Å². The molecule has 0 aliphatic heterocycles. The van der Waals surface area contributed by atoms with Crippen LogP contribution in [0, 0.1) is 11.3 Å². The Balaban J connectivity index is 2.55. The highest BCUT2D eigenvalue weighted by atomic mass is 15.0. The Morgan fingerprint density at radius 2 is 2.29 bits per heavy atom. The Kier molecular flexibility index (Phi) is 1.88. The number of nitrogens with one attached hydrogen (secondary N) is 1. The van der Waals surface area contributed by atoms with Gasteiger partial charge in [-0.25, -0.2) is 9.97 Å². The zero-order chi connectivity index (χ0) is 9.97. The van der Waals surface area contributed by atoms with Crippen LogP contribution in [-0.4, -0.2) is 15.0 Å². The first-order valence-electron chi connectivity index (χ1n) is 3.98. The van der Waals surface area contributed by atoms with Crippen molar-refractivity contribution < 1.29 is 0 Å². The largest absolute Gasteiger partial charge is 0.384 e. The number of aromatic amines is 1. The second-order valence-corrected chi connectivity index (χ2v) is 2.70. The van der Waals surface area contributed by atoms with Gasteiger partial charge in [-0.1, -0.05) is 0 Å². The number of nitrogen functional groups attached to an aromatic ring is 1. The number of rotatable bonds is 1. The van der Waals surface area contributed by atoms with Gasteiger partial charge in [-0.15, -0.1) is 0 Å². The lowest BCUT2D eigenvalue weighted by atomic mass is 10.3. The van der Waals surface area contributed by atoms with Crippen LogP contribution in [0.3, 0.4) is 0 Å². The van der Waals surface area contributed by atoms with E-state index in [1.54, 1.807) is 6.20 Å². The van der Waals surface area contributed by atoms with Crippen LogP contribution < -0.4 is 5.73 Å². The summed E-state index contributed by atoms with van der Waals surface area (Å²) >= 11 is 0. The fourth-order valence-corrected chi connectivity index (χ4v) is 1.11. The number of nitrogens with two attached hydrogens (primary N) is 1. The van der Waals surface area contributed by atoms with Crippen molar-refractivity contribution in [1.29, 1.82) is 5.26 Å². The van der Waals surface area contributed by atoms with Crippen molar-refractivity contribution in [3.8, 4) is 17.6 Å². The summed E-state index contributed by atoms with van der Waals surface area (Å²) in [5.41, 5.74) is 6.54. The van der Waals surface area contributed by atoms with Crippen LogP contribution in [0.2, 0.25) is 0 Å². The van der Waals surface area contributed by atoms with Gasteiger partial charge in [-0.2, -0.15) is 5.26 Å². The van der Waals surface area contributed by atoms with Crippen molar-refractivity contribution in [2.24, 2.45) is 0 Å². The third-order valence-electron chi connectivity index (χ3n) is 1.70. The maximum Gasteiger partial charge on any atom is 0.179 e. The van der Waals surface area contributed by atoms with Crippen molar-refractivity contribution in [3.63, 3.8) is 0 Å². The molecule has 0 fully saturated rings. The van der Waals surface area contributed by atoms with Crippen LogP contribution in [0.1, 0.15) is 5.69 Å². The van der Waals surface area contributed by atoms with E-state index in [1.165, 1.54) is 6.07 Å². The molecule has 0 radical (unpaired) electrons. The number of hydrogen-bond acceptors (Lipinski definition) is 4. The quantitative estimate of drug-likeness (QED) is 0.691. The molecule has 0 unspecified atom stereocenters. The van der Waals surface area contributed by atoms with Gasteiger partial charge in [0.25, 0.3) is 0 Å². The molecule has 0 amide bonds. The molecule has 5 nitrogen and oxygen atoms in total. The zero-order valence-corrected chi connectivity index (χ0v) is 7.23. The fourth-order valence-electron chi connectivity index (χ4n) is 1.11. The van der Waals surface area contributed by atoms with Crippen LogP contribution in [0.4, 0.5) is 5.82 Å². The lowest BCUT2D eigenvalue weighted by Gasteiger charge is -1.98. The molecule has 2 aromatic rings. The van der Waals surface area contributed by atoms with Gasteiger partial charge in [0, 0.05) is 12.3 Å². The summed E-state index contributed by atoms with van der Waals surface area (Å²) in [5, 5.41) is 8.68. The molecular formula is C9H7N5. The molecule has 2 rings (SSSR count). The Bertz CT molecular complexity index is 480. The van der Waals surface area contributed by atoms with Gasteiger partial charge in [0.05, 0.1) is 5.69 Å². The van der Waals surface area contributed by atoms with Gasteiger partial charge >= 0.3 is 0 Å². The van der Waals surface area contributed by atoms with Crippen molar-refractivity contribution in [1.82, 2.24) is 15.0 Å². The molecule has 0 saturated heterocycles. The van der Waals surface area contributed by atoms with E-state index in [0.717, 1.165) is 5.69 Å². The standard InChI is InChI=1S/C9H7N5/c10-5-6-4-8(11)14-9(13-6)7-2-1-3-12-7/h1-4,12H,(H2,11,13,14). The summed E-state index contributed by atoms with van der Waals surface area (Å²) in [4.78, 5) is 11.0. The smallest absolute Gasteiger partial charge is 0.179 e. The second-order valence-electron chi connectivity index (χ2n) is 2.70. The first-order valence-corrected chi connectivity index (χ1v) is 3.98. The van der Waals surface area contributed by atoms with E-state index in [0.29, 0.717) is 11.6 Å². The molecule has 68 valence electrons. The summed E-state index contributed by atoms with van der Waals surface area (Å²) < 4.78 is 0. The van der Waals surface area contributed by atoms with Gasteiger partial charge in [0.1, 0.15) is 17.6 Å². The van der Waals surface area contributed by atoms with E-state index in [9.17, 15) is 0 Å². The Labute approximate surface area is 80.2 Å². The van der Waals surface area contributed by atoms with Crippen molar-refractivity contribution >= 4 is 5.82 Å². The molecule has 0 spiro atoms. The highest BCUT2D eigenvalue weighted by molar-refractivity contribution is 5.53. The van der Waals surface area contributed by atoms with Crippen LogP contribution in [0.25, 0.3) is 11.5 Å². The highest BCUT2D eigenvalue weighted by Crippen LogP contribution is 2.13. The predicted octanol–water partition coefficient (Wildman–Crippen LogP) is 0.926. The zero-order valence-electron chi connectivity index (χ0n) is 7.23. The summed E-state index contributed by atoms with van der Waals surface area (Å²) in [6.45, 7) is 0.